The van der Waals surface area contributed by atoms with Gasteiger partial charge < -0.3 is 14.6 Å². The van der Waals surface area contributed by atoms with E-state index < -0.39 is 0 Å². The molecule has 0 radical (unpaired) electrons. The van der Waals surface area contributed by atoms with E-state index in [-0.39, 0.29) is 5.41 Å². The molecule has 112 valence electrons. The van der Waals surface area contributed by atoms with Gasteiger partial charge in [0, 0.05) is 51.4 Å². The number of imidazole rings is 1. The van der Waals surface area contributed by atoms with Gasteiger partial charge in [0.2, 0.25) is 0 Å². The average Bonchev–Trinajstić information content (AvgIpc) is 3.21. The number of hydrogen-bond donors (Lipinski definition) is 1. The van der Waals surface area contributed by atoms with Crippen LogP contribution in [0.4, 0.5) is 0 Å². The molecule has 0 saturated heterocycles. The lowest BCUT2D eigenvalue weighted by Gasteiger charge is -2.28. The smallest absolute Gasteiger partial charge is 0.112 e. The van der Waals surface area contributed by atoms with Crippen LogP contribution in [0.25, 0.3) is 0 Å². The van der Waals surface area contributed by atoms with E-state index in [1.54, 1.807) is 7.11 Å². The van der Waals surface area contributed by atoms with Gasteiger partial charge in [0.15, 0.2) is 0 Å². The zero-order valence-corrected chi connectivity index (χ0v) is 13.0. The lowest BCUT2D eigenvalue weighted by molar-refractivity contribution is 0.141. The molecular formula is C16H27N3O. The standard InChI is InChI=1S/C16H27N3O/c1-16(2,7-9-20-3)11-19-14-6-8-17-10-13(14)18-15(19)12-4-5-12/h12,17H,4-11H2,1-3H3. The second-order valence-electron chi connectivity index (χ2n) is 7.06. The Hall–Kier alpha value is -0.870. The Morgan fingerprint density at radius 3 is 2.90 bits per heavy atom. The van der Waals surface area contributed by atoms with Crippen LogP contribution < -0.4 is 5.32 Å². The minimum atomic E-state index is 0.263. The molecule has 1 aromatic rings. The Bertz CT molecular complexity index is 474. The van der Waals surface area contributed by atoms with Crippen molar-refractivity contribution in [3.05, 3.63) is 17.2 Å². The molecule has 2 heterocycles. The van der Waals surface area contributed by atoms with Crippen molar-refractivity contribution < 1.29 is 4.74 Å². The maximum Gasteiger partial charge on any atom is 0.112 e. The first-order valence-electron chi connectivity index (χ1n) is 7.88. The Morgan fingerprint density at radius 1 is 1.40 bits per heavy atom. The van der Waals surface area contributed by atoms with Crippen molar-refractivity contribution in [2.45, 2.75) is 58.5 Å². The van der Waals surface area contributed by atoms with E-state index in [1.807, 2.05) is 0 Å². The second kappa shape index (κ2) is 5.49. The highest BCUT2D eigenvalue weighted by Gasteiger charge is 2.33. The van der Waals surface area contributed by atoms with Crippen LogP contribution in [0.2, 0.25) is 0 Å². The van der Waals surface area contributed by atoms with Gasteiger partial charge in [-0.1, -0.05) is 13.8 Å². The Morgan fingerprint density at radius 2 is 2.20 bits per heavy atom. The lowest BCUT2D eigenvalue weighted by Crippen LogP contribution is -2.28. The van der Waals surface area contributed by atoms with Crippen molar-refractivity contribution in [3.8, 4) is 0 Å². The summed E-state index contributed by atoms with van der Waals surface area (Å²) < 4.78 is 7.81. The van der Waals surface area contributed by atoms with E-state index in [9.17, 15) is 0 Å². The summed E-state index contributed by atoms with van der Waals surface area (Å²) in [5.74, 6) is 2.07. The van der Waals surface area contributed by atoms with Crippen LogP contribution in [0.1, 0.15) is 56.2 Å². The minimum absolute atomic E-state index is 0.263. The zero-order valence-electron chi connectivity index (χ0n) is 13.0. The van der Waals surface area contributed by atoms with Crippen molar-refractivity contribution in [2.75, 3.05) is 20.3 Å². The molecule has 0 atom stereocenters. The highest BCUT2D eigenvalue weighted by molar-refractivity contribution is 5.24. The van der Waals surface area contributed by atoms with E-state index >= 15 is 0 Å². The van der Waals surface area contributed by atoms with Crippen molar-refractivity contribution in [1.82, 2.24) is 14.9 Å². The van der Waals surface area contributed by atoms with Gasteiger partial charge >= 0.3 is 0 Å². The van der Waals surface area contributed by atoms with E-state index in [4.69, 9.17) is 9.72 Å². The van der Waals surface area contributed by atoms with E-state index in [0.29, 0.717) is 0 Å². The fraction of sp³-hybridized carbons (Fsp3) is 0.812. The molecule has 0 bridgehead atoms. The minimum Gasteiger partial charge on any atom is -0.385 e. The number of ether oxygens (including phenoxy) is 1. The maximum absolute atomic E-state index is 5.26. The third kappa shape index (κ3) is 2.91. The molecule has 1 aromatic heterocycles. The molecular weight excluding hydrogens is 250 g/mol. The largest absolute Gasteiger partial charge is 0.385 e. The van der Waals surface area contributed by atoms with Crippen molar-refractivity contribution in [1.29, 1.82) is 0 Å². The first kappa shape index (κ1) is 14.1. The number of nitrogens with one attached hydrogen (secondary N) is 1. The number of rotatable bonds is 6. The molecule has 4 nitrogen and oxygen atoms in total. The molecule has 1 saturated carbocycles. The van der Waals surface area contributed by atoms with Gasteiger partial charge in [0.25, 0.3) is 0 Å². The quantitative estimate of drug-likeness (QED) is 0.868. The third-order valence-corrected chi connectivity index (χ3v) is 4.53. The predicted molar refractivity (Wildman–Crippen MR) is 79.9 cm³/mol. The molecule has 0 amide bonds. The van der Waals surface area contributed by atoms with Gasteiger partial charge in [-0.3, -0.25) is 0 Å². The number of aromatic nitrogens is 2. The van der Waals surface area contributed by atoms with Gasteiger partial charge in [-0.25, -0.2) is 4.98 Å². The van der Waals surface area contributed by atoms with Crippen LogP contribution in [0.3, 0.4) is 0 Å². The van der Waals surface area contributed by atoms with E-state index in [1.165, 1.54) is 30.1 Å². The topological polar surface area (TPSA) is 39.1 Å². The first-order chi connectivity index (χ1) is 9.61. The number of hydrogen-bond acceptors (Lipinski definition) is 3. The third-order valence-electron chi connectivity index (χ3n) is 4.53. The van der Waals surface area contributed by atoms with Crippen LogP contribution in [-0.2, 0) is 24.2 Å². The highest BCUT2D eigenvalue weighted by atomic mass is 16.5. The SMILES string of the molecule is COCCC(C)(C)Cn1c(C2CC2)nc2c1CCNC2. The van der Waals surface area contributed by atoms with Crippen molar-refractivity contribution in [3.63, 3.8) is 0 Å². The summed E-state index contributed by atoms with van der Waals surface area (Å²) in [5.41, 5.74) is 3.04. The number of methoxy groups -OCH3 is 1. The first-order valence-corrected chi connectivity index (χ1v) is 7.88. The maximum atomic E-state index is 5.26. The molecule has 4 heteroatoms. The normalized spacial score (nSPS) is 19.1. The molecule has 1 fully saturated rings. The molecule has 2 aliphatic rings. The van der Waals surface area contributed by atoms with E-state index in [2.05, 4.69) is 23.7 Å². The van der Waals surface area contributed by atoms with Crippen LogP contribution >= 0.6 is 0 Å². The predicted octanol–water partition coefficient (Wildman–Crippen LogP) is 2.47. The van der Waals surface area contributed by atoms with Crippen LogP contribution in [0.15, 0.2) is 0 Å². The molecule has 1 aliphatic carbocycles. The molecule has 1 aliphatic heterocycles. The van der Waals surface area contributed by atoms with Gasteiger partial charge in [0.05, 0.1) is 5.69 Å². The monoisotopic (exact) mass is 277 g/mol. The summed E-state index contributed by atoms with van der Waals surface area (Å²) in [4.78, 5) is 4.95. The molecule has 1 N–H and O–H groups in total. The Balaban J connectivity index is 1.85. The van der Waals surface area contributed by atoms with Gasteiger partial charge in [0.1, 0.15) is 5.82 Å². The highest BCUT2D eigenvalue weighted by Crippen LogP contribution is 2.41. The molecule has 0 unspecified atom stereocenters. The fourth-order valence-electron chi connectivity index (χ4n) is 3.11. The Kier molecular flexibility index (Phi) is 3.87. The van der Waals surface area contributed by atoms with Crippen LogP contribution in [0.5, 0.6) is 0 Å². The Labute approximate surface area is 121 Å². The number of nitrogens with zero attached hydrogens (tertiary/aromatic N) is 2. The second-order valence-corrected chi connectivity index (χ2v) is 7.06. The fourth-order valence-corrected chi connectivity index (χ4v) is 3.11. The van der Waals surface area contributed by atoms with Crippen molar-refractivity contribution in [2.24, 2.45) is 5.41 Å². The average molecular weight is 277 g/mol. The summed E-state index contributed by atoms with van der Waals surface area (Å²) in [6.07, 6.45) is 4.86. The molecule has 20 heavy (non-hydrogen) atoms. The molecule has 0 aromatic carbocycles. The van der Waals surface area contributed by atoms with Gasteiger partial charge in [-0.15, -0.1) is 0 Å². The summed E-state index contributed by atoms with van der Waals surface area (Å²) in [5, 5.41) is 3.44. The van der Waals surface area contributed by atoms with Crippen molar-refractivity contribution >= 4 is 0 Å². The lowest BCUT2D eigenvalue weighted by atomic mass is 9.89. The summed E-state index contributed by atoms with van der Waals surface area (Å²) in [7, 11) is 1.79. The van der Waals surface area contributed by atoms with Crippen LogP contribution in [-0.4, -0.2) is 29.8 Å². The van der Waals surface area contributed by atoms with E-state index in [0.717, 1.165) is 45.0 Å². The zero-order chi connectivity index (χ0) is 14.2. The molecule has 0 spiro atoms. The van der Waals surface area contributed by atoms with Gasteiger partial charge in [-0.05, 0) is 24.7 Å². The molecule has 3 rings (SSSR count). The summed E-state index contributed by atoms with van der Waals surface area (Å²) in [6.45, 7) is 8.63. The summed E-state index contributed by atoms with van der Waals surface area (Å²) >= 11 is 0. The number of fused-ring (bicyclic) bond motifs is 1. The van der Waals surface area contributed by atoms with Gasteiger partial charge in [-0.2, -0.15) is 0 Å². The van der Waals surface area contributed by atoms with Crippen LogP contribution in [0, 0.1) is 5.41 Å². The summed E-state index contributed by atoms with van der Waals surface area (Å²) in [6, 6.07) is 0.